The van der Waals surface area contributed by atoms with E-state index in [0.717, 1.165) is 25.9 Å². The molecule has 1 atom stereocenters. The van der Waals surface area contributed by atoms with Crippen molar-refractivity contribution < 1.29 is 18.8 Å². The summed E-state index contributed by atoms with van der Waals surface area (Å²) in [5.74, 6) is -0.370. The summed E-state index contributed by atoms with van der Waals surface area (Å²) in [5.41, 5.74) is 0. The fourth-order valence-corrected chi connectivity index (χ4v) is 3.73. The van der Waals surface area contributed by atoms with E-state index in [0.29, 0.717) is 26.2 Å². The Balaban J connectivity index is 1.54. The number of likely N-dealkylation sites (tertiary alicyclic amines) is 1. The standard InChI is InChI=1S/C20H30N4O4/c1-15(2)17(21-18(25)16-7-6-14-28-16)19(26)22-10-12-24(13-11-22)20(27)23-8-4-3-5-9-23/h6-7,14-15,17H,3-5,8-13H2,1-2H3,(H,21,25). The number of urea groups is 1. The molecule has 1 aromatic heterocycles. The molecule has 8 heteroatoms. The Hall–Kier alpha value is -2.51. The number of piperidine rings is 1. The lowest BCUT2D eigenvalue weighted by atomic mass is 10.0. The molecule has 2 aliphatic heterocycles. The summed E-state index contributed by atoms with van der Waals surface area (Å²) in [7, 11) is 0. The largest absolute Gasteiger partial charge is 0.459 e. The third kappa shape index (κ3) is 4.66. The highest BCUT2D eigenvalue weighted by Crippen LogP contribution is 2.15. The van der Waals surface area contributed by atoms with Crippen LogP contribution in [0.5, 0.6) is 0 Å². The van der Waals surface area contributed by atoms with E-state index in [1.807, 2.05) is 23.6 Å². The molecule has 2 aliphatic rings. The second kappa shape index (κ2) is 9.12. The van der Waals surface area contributed by atoms with Crippen LogP contribution in [0.4, 0.5) is 4.79 Å². The van der Waals surface area contributed by atoms with Crippen LogP contribution in [0.25, 0.3) is 0 Å². The summed E-state index contributed by atoms with van der Waals surface area (Å²) in [6.07, 6.45) is 4.75. The van der Waals surface area contributed by atoms with E-state index in [9.17, 15) is 14.4 Å². The molecule has 4 amide bonds. The molecule has 2 fully saturated rings. The van der Waals surface area contributed by atoms with Crippen LogP contribution in [0.1, 0.15) is 43.7 Å². The van der Waals surface area contributed by atoms with Crippen LogP contribution in [-0.2, 0) is 4.79 Å². The monoisotopic (exact) mass is 390 g/mol. The van der Waals surface area contributed by atoms with Crippen LogP contribution in [0.3, 0.4) is 0 Å². The molecule has 1 N–H and O–H groups in total. The molecule has 0 aromatic carbocycles. The second-order valence-electron chi connectivity index (χ2n) is 7.82. The molecule has 1 aromatic rings. The average molecular weight is 390 g/mol. The highest BCUT2D eigenvalue weighted by Gasteiger charge is 2.33. The predicted molar refractivity (Wildman–Crippen MR) is 104 cm³/mol. The molecule has 28 heavy (non-hydrogen) atoms. The van der Waals surface area contributed by atoms with Crippen molar-refractivity contribution in [3.8, 4) is 0 Å². The molecule has 0 bridgehead atoms. The van der Waals surface area contributed by atoms with Crippen LogP contribution in [0.2, 0.25) is 0 Å². The number of furan rings is 1. The third-order valence-electron chi connectivity index (χ3n) is 5.45. The van der Waals surface area contributed by atoms with Gasteiger partial charge in [-0.15, -0.1) is 0 Å². The molecular formula is C20H30N4O4. The second-order valence-corrected chi connectivity index (χ2v) is 7.82. The summed E-state index contributed by atoms with van der Waals surface area (Å²) < 4.78 is 5.11. The van der Waals surface area contributed by atoms with Crippen LogP contribution in [0, 0.1) is 5.92 Å². The fourth-order valence-electron chi connectivity index (χ4n) is 3.73. The van der Waals surface area contributed by atoms with Crippen molar-refractivity contribution in [2.45, 2.75) is 39.2 Å². The van der Waals surface area contributed by atoms with Crippen LogP contribution in [0.15, 0.2) is 22.8 Å². The van der Waals surface area contributed by atoms with Gasteiger partial charge in [0.1, 0.15) is 6.04 Å². The van der Waals surface area contributed by atoms with E-state index < -0.39 is 11.9 Å². The number of hydrogen-bond acceptors (Lipinski definition) is 4. The molecule has 8 nitrogen and oxygen atoms in total. The van der Waals surface area contributed by atoms with Gasteiger partial charge in [-0.1, -0.05) is 13.8 Å². The maximum Gasteiger partial charge on any atom is 0.320 e. The highest BCUT2D eigenvalue weighted by atomic mass is 16.3. The molecule has 1 unspecified atom stereocenters. The van der Waals surface area contributed by atoms with Crippen molar-refractivity contribution in [2.75, 3.05) is 39.3 Å². The van der Waals surface area contributed by atoms with Gasteiger partial charge in [-0.25, -0.2) is 4.79 Å². The van der Waals surface area contributed by atoms with Crippen LogP contribution >= 0.6 is 0 Å². The fraction of sp³-hybridized carbons (Fsp3) is 0.650. The molecule has 154 valence electrons. The predicted octanol–water partition coefficient (Wildman–Crippen LogP) is 1.78. The lowest BCUT2D eigenvalue weighted by molar-refractivity contribution is -0.135. The third-order valence-corrected chi connectivity index (χ3v) is 5.45. The van der Waals surface area contributed by atoms with Gasteiger partial charge in [-0.3, -0.25) is 9.59 Å². The van der Waals surface area contributed by atoms with E-state index in [2.05, 4.69) is 5.32 Å². The number of carbonyl (C=O) groups is 3. The normalized spacial score (nSPS) is 18.9. The summed E-state index contributed by atoms with van der Waals surface area (Å²) in [4.78, 5) is 43.4. The number of amides is 4. The molecule has 0 saturated carbocycles. The smallest absolute Gasteiger partial charge is 0.320 e. The maximum absolute atomic E-state index is 13.0. The van der Waals surface area contributed by atoms with E-state index in [1.165, 1.54) is 12.7 Å². The SMILES string of the molecule is CC(C)C(NC(=O)c1ccco1)C(=O)N1CCN(C(=O)N2CCCCC2)CC1. The first-order chi connectivity index (χ1) is 13.5. The van der Waals surface area contributed by atoms with Crippen molar-refractivity contribution >= 4 is 17.8 Å². The van der Waals surface area contributed by atoms with E-state index >= 15 is 0 Å². The highest BCUT2D eigenvalue weighted by molar-refractivity contribution is 5.95. The van der Waals surface area contributed by atoms with Gasteiger partial charge in [-0.05, 0) is 37.3 Å². The Morgan fingerprint density at radius 2 is 1.54 bits per heavy atom. The summed E-state index contributed by atoms with van der Waals surface area (Å²) >= 11 is 0. The van der Waals surface area contributed by atoms with Crippen LogP contribution in [-0.4, -0.2) is 77.9 Å². The maximum atomic E-state index is 13.0. The van der Waals surface area contributed by atoms with Gasteiger partial charge in [0.05, 0.1) is 6.26 Å². The van der Waals surface area contributed by atoms with Gasteiger partial charge in [0.15, 0.2) is 5.76 Å². The van der Waals surface area contributed by atoms with Crippen molar-refractivity contribution in [3.05, 3.63) is 24.2 Å². The molecule has 0 spiro atoms. The number of rotatable bonds is 4. The minimum Gasteiger partial charge on any atom is -0.459 e. The quantitative estimate of drug-likeness (QED) is 0.849. The molecule has 0 aliphatic carbocycles. The Labute approximate surface area is 165 Å². The average Bonchev–Trinajstić information content (AvgIpc) is 3.26. The Kier molecular flexibility index (Phi) is 6.59. The Morgan fingerprint density at radius 3 is 2.11 bits per heavy atom. The molecular weight excluding hydrogens is 360 g/mol. The number of piperazine rings is 1. The zero-order valence-corrected chi connectivity index (χ0v) is 16.7. The Morgan fingerprint density at radius 1 is 0.929 bits per heavy atom. The van der Waals surface area contributed by atoms with Crippen molar-refractivity contribution in [2.24, 2.45) is 5.92 Å². The Bertz CT molecular complexity index is 674. The molecule has 3 heterocycles. The van der Waals surface area contributed by atoms with E-state index in [4.69, 9.17) is 4.42 Å². The van der Waals surface area contributed by atoms with Crippen molar-refractivity contribution in [1.29, 1.82) is 0 Å². The lowest BCUT2D eigenvalue weighted by Crippen LogP contribution is -2.58. The number of hydrogen-bond donors (Lipinski definition) is 1. The van der Waals surface area contributed by atoms with Crippen molar-refractivity contribution in [1.82, 2.24) is 20.0 Å². The minimum absolute atomic E-state index is 0.0561. The van der Waals surface area contributed by atoms with Crippen LogP contribution < -0.4 is 5.32 Å². The summed E-state index contributed by atoms with van der Waals surface area (Å²) in [6, 6.07) is 2.67. The van der Waals surface area contributed by atoms with E-state index in [-0.39, 0.29) is 23.6 Å². The molecule has 0 radical (unpaired) electrons. The van der Waals surface area contributed by atoms with Crippen molar-refractivity contribution in [3.63, 3.8) is 0 Å². The topological polar surface area (TPSA) is 86.1 Å². The van der Waals surface area contributed by atoms with Gasteiger partial charge in [0.25, 0.3) is 5.91 Å². The number of carbonyl (C=O) groups excluding carboxylic acids is 3. The van der Waals surface area contributed by atoms with Gasteiger partial charge >= 0.3 is 6.03 Å². The first-order valence-electron chi connectivity index (χ1n) is 10.1. The molecule has 3 rings (SSSR count). The minimum atomic E-state index is -0.623. The number of nitrogens with one attached hydrogen (secondary N) is 1. The van der Waals surface area contributed by atoms with Gasteiger partial charge in [-0.2, -0.15) is 0 Å². The van der Waals surface area contributed by atoms with Gasteiger partial charge in [0.2, 0.25) is 5.91 Å². The zero-order valence-electron chi connectivity index (χ0n) is 16.7. The van der Waals surface area contributed by atoms with E-state index in [1.54, 1.807) is 17.0 Å². The lowest BCUT2D eigenvalue weighted by Gasteiger charge is -2.39. The summed E-state index contributed by atoms with van der Waals surface area (Å²) in [6.45, 7) is 7.48. The zero-order chi connectivity index (χ0) is 20.1. The first kappa shape index (κ1) is 20.2. The molecule has 2 saturated heterocycles. The van der Waals surface area contributed by atoms with Gasteiger partial charge in [0, 0.05) is 39.3 Å². The first-order valence-corrected chi connectivity index (χ1v) is 10.1. The number of nitrogens with zero attached hydrogens (tertiary/aromatic N) is 3. The van der Waals surface area contributed by atoms with Gasteiger partial charge < -0.3 is 24.4 Å². The summed E-state index contributed by atoms with van der Waals surface area (Å²) in [5, 5.41) is 2.79.